The molecule has 0 fully saturated rings. The van der Waals surface area contributed by atoms with Crippen LogP contribution in [-0.2, 0) is 11.8 Å². The van der Waals surface area contributed by atoms with Crippen molar-refractivity contribution in [1.82, 2.24) is 15.2 Å². The van der Waals surface area contributed by atoms with Crippen LogP contribution in [-0.4, -0.2) is 47.8 Å². The average molecular weight is 285 g/mol. The number of nitrogens with zero attached hydrogens (tertiary/aromatic N) is 2. The Kier molecular flexibility index (Phi) is 5.75. The van der Waals surface area contributed by atoms with Gasteiger partial charge in [-0.15, -0.1) is 11.3 Å². The molecule has 6 heteroatoms. The van der Waals surface area contributed by atoms with E-state index in [2.05, 4.69) is 36.5 Å². The van der Waals surface area contributed by atoms with Crippen LogP contribution >= 0.6 is 11.3 Å². The first-order valence-electron chi connectivity index (χ1n) is 6.39. The second-order valence-electron chi connectivity index (χ2n) is 5.50. The van der Waals surface area contributed by atoms with Crippen molar-refractivity contribution in [2.45, 2.75) is 32.6 Å². The molecule has 1 heterocycles. The van der Waals surface area contributed by atoms with Crippen molar-refractivity contribution in [3.63, 3.8) is 0 Å². The quantitative estimate of drug-likeness (QED) is 0.864. The van der Waals surface area contributed by atoms with Gasteiger partial charge in [0, 0.05) is 37.4 Å². The summed E-state index contributed by atoms with van der Waals surface area (Å²) in [5, 5.41) is 14.7. The Balaban J connectivity index is 2.37. The number of carbonyl (C=O) groups excluding carboxylic acids is 1. The molecular weight excluding hydrogens is 262 g/mol. The standard InChI is InChI=1S/C13H23N3O2S/c1-13(2,3)10-9-19-11(15-10)5-6-14-12(18)16(4)7-8-17/h9,17H,5-8H2,1-4H3,(H,14,18). The first kappa shape index (κ1) is 15.9. The molecule has 0 aromatic carbocycles. The average Bonchev–Trinajstić information content (AvgIpc) is 2.77. The van der Waals surface area contributed by atoms with Gasteiger partial charge in [-0.3, -0.25) is 0 Å². The second-order valence-corrected chi connectivity index (χ2v) is 6.45. The van der Waals surface area contributed by atoms with Crippen LogP contribution in [0.15, 0.2) is 5.38 Å². The zero-order valence-electron chi connectivity index (χ0n) is 12.1. The molecule has 2 amide bonds. The predicted octanol–water partition coefficient (Wildman–Crippen LogP) is 1.62. The second kappa shape index (κ2) is 6.86. The molecule has 19 heavy (non-hydrogen) atoms. The van der Waals surface area contributed by atoms with Gasteiger partial charge in [0.25, 0.3) is 0 Å². The lowest BCUT2D eigenvalue weighted by Gasteiger charge is -2.16. The van der Waals surface area contributed by atoms with Gasteiger partial charge in [-0.25, -0.2) is 9.78 Å². The molecule has 0 saturated heterocycles. The van der Waals surface area contributed by atoms with Crippen molar-refractivity contribution < 1.29 is 9.90 Å². The smallest absolute Gasteiger partial charge is 0.317 e. The van der Waals surface area contributed by atoms with E-state index in [1.807, 2.05) is 0 Å². The summed E-state index contributed by atoms with van der Waals surface area (Å²) in [6, 6.07) is -0.165. The van der Waals surface area contributed by atoms with Crippen LogP contribution in [0.25, 0.3) is 0 Å². The monoisotopic (exact) mass is 285 g/mol. The highest BCUT2D eigenvalue weighted by Gasteiger charge is 2.17. The zero-order chi connectivity index (χ0) is 14.5. The van der Waals surface area contributed by atoms with Crippen LogP contribution in [0.2, 0.25) is 0 Å². The summed E-state index contributed by atoms with van der Waals surface area (Å²) in [7, 11) is 1.66. The predicted molar refractivity (Wildman–Crippen MR) is 77.6 cm³/mol. The highest BCUT2D eigenvalue weighted by atomic mass is 32.1. The van der Waals surface area contributed by atoms with Crippen molar-refractivity contribution in [1.29, 1.82) is 0 Å². The van der Waals surface area contributed by atoms with Crippen LogP contribution in [0.1, 0.15) is 31.5 Å². The van der Waals surface area contributed by atoms with E-state index in [4.69, 9.17) is 5.11 Å². The number of aromatic nitrogens is 1. The van der Waals surface area contributed by atoms with E-state index < -0.39 is 0 Å². The van der Waals surface area contributed by atoms with Crippen molar-refractivity contribution >= 4 is 17.4 Å². The lowest BCUT2D eigenvalue weighted by atomic mass is 9.93. The van der Waals surface area contributed by atoms with Gasteiger partial charge < -0.3 is 15.3 Å². The number of hydrogen-bond donors (Lipinski definition) is 2. The minimum atomic E-state index is -0.165. The van der Waals surface area contributed by atoms with Gasteiger partial charge in [0.15, 0.2) is 0 Å². The van der Waals surface area contributed by atoms with Crippen LogP contribution in [0.5, 0.6) is 0 Å². The maximum Gasteiger partial charge on any atom is 0.317 e. The Morgan fingerprint density at radius 2 is 2.21 bits per heavy atom. The minimum Gasteiger partial charge on any atom is -0.395 e. The fraction of sp³-hybridized carbons (Fsp3) is 0.692. The van der Waals surface area contributed by atoms with Crippen molar-refractivity contribution in [2.24, 2.45) is 0 Å². The number of rotatable bonds is 5. The van der Waals surface area contributed by atoms with Crippen molar-refractivity contribution in [2.75, 3.05) is 26.7 Å². The molecule has 1 aromatic rings. The van der Waals surface area contributed by atoms with E-state index in [9.17, 15) is 4.79 Å². The fourth-order valence-corrected chi connectivity index (χ4v) is 2.46. The fourth-order valence-electron chi connectivity index (χ4n) is 1.43. The van der Waals surface area contributed by atoms with E-state index in [0.29, 0.717) is 13.1 Å². The molecule has 5 nitrogen and oxygen atoms in total. The molecule has 0 saturated carbocycles. The van der Waals surface area contributed by atoms with Gasteiger partial charge >= 0.3 is 6.03 Å². The summed E-state index contributed by atoms with van der Waals surface area (Å²) in [6.07, 6.45) is 0.736. The minimum absolute atomic E-state index is 0.0225. The van der Waals surface area contributed by atoms with E-state index in [1.165, 1.54) is 4.90 Å². The third-order valence-corrected chi connectivity index (χ3v) is 3.63. The SMILES string of the molecule is CN(CCO)C(=O)NCCc1nc(C(C)(C)C)cs1. The van der Waals surface area contributed by atoms with Crippen LogP contribution in [0, 0.1) is 0 Å². The summed E-state index contributed by atoms with van der Waals surface area (Å²) < 4.78 is 0. The molecule has 0 unspecified atom stereocenters. The lowest BCUT2D eigenvalue weighted by molar-refractivity contribution is 0.190. The Labute approximate surface area is 118 Å². The van der Waals surface area contributed by atoms with Gasteiger partial charge in [-0.1, -0.05) is 20.8 Å². The Hall–Kier alpha value is -1.14. The van der Waals surface area contributed by atoms with Gasteiger partial charge in [0.1, 0.15) is 0 Å². The molecule has 0 spiro atoms. The summed E-state index contributed by atoms with van der Waals surface area (Å²) in [5.74, 6) is 0. The highest BCUT2D eigenvalue weighted by molar-refractivity contribution is 7.09. The third kappa shape index (κ3) is 5.16. The van der Waals surface area contributed by atoms with Gasteiger partial charge in [-0.2, -0.15) is 0 Å². The molecule has 1 aromatic heterocycles. The Morgan fingerprint density at radius 3 is 2.74 bits per heavy atom. The van der Waals surface area contributed by atoms with E-state index in [1.54, 1.807) is 18.4 Å². The van der Waals surface area contributed by atoms with Gasteiger partial charge in [-0.05, 0) is 0 Å². The summed E-state index contributed by atoms with van der Waals surface area (Å²) in [4.78, 5) is 17.6. The number of aliphatic hydroxyl groups is 1. The Bertz CT molecular complexity index is 412. The van der Waals surface area contributed by atoms with E-state index in [-0.39, 0.29) is 18.1 Å². The first-order valence-corrected chi connectivity index (χ1v) is 7.27. The number of nitrogens with one attached hydrogen (secondary N) is 1. The van der Waals surface area contributed by atoms with Crippen LogP contribution < -0.4 is 5.32 Å². The first-order chi connectivity index (χ1) is 8.84. The molecule has 2 N–H and O–H groups in total. The summed E-state index contributed by atoms with van der Waals surface area (Å²) in [6.45, 7) is 7.29. The number of urea groups is 1. The molecule has 0 aliphatic rings. The highest BCUT2D eigenvalue weighted by Crippen LogP contribution is 2.23. The molecule has 0 bridgehead atoms. The van der Waals surface area contributed by atoms with Crippen LogP contribution in [0.3, 0.4) is 0 Å². The maximum atomic E-state index is 11.6. The molecule has 0 radical (unpaired) electrons. The summed E-state index contributed by atoms with van der Waals surface area (Å²) >= 11 is 1.63. The summed E-state index contributed by atoms with van der Waals surface area (Å²) in [5.41, 5.74) is 1.16. The Morgan fingerprint density at radius 1 is 1.53 bits per heavy atom. The number of carbonyl (C=O) groups is 1. The van der Waals surface area contributed by atoms with Crippen molar-refractivity contribution in [3.05, 3.63) is 16.1 Å². The molecule has 0 aliphatic heterocycles. The third-order valence-electron chi connectivity index (χ3n) is 2.72. The number of likely N-dealkylation sites (N-methyl/N-ethyl adjacent to an activating group) is 1. The molecule has 0 atom stereocenters. The lowest BCUT2D eigenvalue weighted by Crippen LogP contribution is -2.39. The molecular formula is C13H23N3O2S. The van der Waals surface area contributed by atoms with Gasteiger partial charge in [0.05, 0.1) is 17.3 Å². The largest absolute Gasteiger partial charge is 0.395 e. The molecule has 1 rings (SSSR count). The molecule has 108 valence electrons. The number of amides is 2. The number of aliphatic hydroxyl groups excluding tert-OH is 1. The van der Waals surface area contributed by atoms with Gasteiger partial charge in [0.2, 0.25) is 0 Å². The van der Waals surface area contributed by atoms with E-state index in [0.717, 1.165) is 17.1 Å². The maximum absolute atomic E-state index is 11.6. The van der Waals surface area contributed by atoms with Crippen molar-refractivity contribution in [3.8, 4) is 0 Å². The molecule has 0 aliphatic carbocycles. The topological polar surface area (TPSA) is 65.5 Å². The zero-order valence-corrected chi connectivity index (χ0v) is 12.9. The van der Waals surface area contributed by atoms with E-state index >= 15 is 0 Å². The normalized spacial score (nSPS) is 11.4. The number of hydrogen-bond acceptors (Lipinski definition) is 4. The van der Waals surface area contributed by atoms with Crippen LogP contribution in [0.4, 0.5) is 4.79 Å². The number of thiazole rings is 1.